The summed E-state index contributed by atoms with van der Waals surface area (Å²) in [6.07, 6.45) is 3.41. The van der Waals surface area contributed by atoms with Crippen molar-refractivity contribution in [3.8, 4) is 0 Å². The number of pyridine rings is 1. The lowest BCUT2D eigenvalue weighted by Gasteiger charge is -2.26. The Morgan fingerprint density at radius 3 is 2.52 bits per heavy atom. The number of amides is 1. The molecule has 1 aromatic heterocycles. The van der Waals surface area contributed by atoms with E-state index in [0.29, 0.717) is 35.0 Å². The summed E-state index contributed by atoms with van der Waals surface area (Å²) in [5.74, 6) is -0.767. The number of hydrogen-bond acceptors (Lipinski definition) is 5. The first-order valence-corrected chi connectivity index (χ1v) is 10.3. The van der Waals surface area contributed by atoms with Crippen molar-refractivity contribution in [3.05, 3.63) is 94.8 Å². The second-order valence-corrected chi connectivity index (χ2v) is 7.31. The third-order valence-corrected chi connectivity index (χ3v) is 4.86. The average Bonchev–Trinajstić information content (AvgIpc) is 2.78. The fourth-order valence-electron chi connectivity index (χ4n) is 2.81. The lowest BCUT2D eigenvalue weighted by atomic mass is 10.2. The van der Waals surface area contributed by atoms with Gasteiger partial charge in [0.1, 0.15) is 0 Å². The van der Waals surface area contributed by atoms with Crippen LogP contribution in [0, 0.1) is 0 Å². The Bertz CT molecular complexity index is 1070. The van der Waals surface area contributed by atoms with E-state index in [1.165, 1.54) is 0 Å². The number of rotatable bonds is 6. The zero-order valence-corrected chi connectivity index (χ0v) is 18.3. The molecule has 2 aromatic carbocycles. The maximum absolute atomic E-state index is 12.7. The summed E-state index contributed by atoms with van der Waals surface area (Å²) in [7, 11) is 0. The van der Waals surface area contributed by atoms with Gasteiger partial charge in [0.15, 0.2) is 5.11 Å². The molecule has 8 heteroatoms. The van der Waals surface area contributed by atoms with Gasteiger partial charge in [-0.2, -0.15) is 0 Å². The van der Waals surface area contributed by atoms with Crippen molar-refractivity contribution in [1.82, 2.24) is 10.3 Å². The molecule has 0 bridgehead atoms. The number of carbonyl (C=O) groups is 2. The van der Waals surface area contributed by atoms with Gasteiger partial charge >= 0.3 is 5.97 Å². The number of ether oxygens (including phenoxy) is 1. The molecule has 3 rings (SSSR count). The van der Waals surface area contributed by atoms with Crippen molar-refractivity contribution in [2.75, 3.05) is 11.5 Å². The molecule has 0 saturated heterocycles. The molecule has 0 radical (unpaired) electrons. The third-order valence-electron chi connectivity index (χ3n) is 4.31. The first-order valence-electron chi connectivity index (χ1n) is 9.52. The van der Waals surface area contributed by atoms with E-state index >= 15 is 0 Å². The van der Waals surface area contributed by atoms with Gasteiger partial charge in [0, 0.05) is 28.7 Å². The molecule has 0 unspecified atom stereocenters. The maximum atomic E-state index is 12.7. The molecule has 0 atom stereocenters. The van der Waals surface area contributed by atoms with Gasteiger partial charge in [-0.15, -0.1) is 0 Å². The molecule has 0 aliphatic carbocycles. The highest BCUT2D eigenvalue weighted by Crippen LogP contribution is 2.19. The van der Waals surface area contributed by atoms with Gasteiger partial charge in [-0.3, -0.25) is 15.1 Å². The Labute approximate surface area is 190 Å². The summed E-state index contributed by atoms with van der Waals surface area (Å²) in [6, 6.07) is 17.2. The first-order chi connectivity index (χ1) is 15.0. The number of halogens is 1. The van der Waals surface area contributed by atoms with Crippen molar-refractivity contribution < 1.29 is 14.3 Å². The van der Waals surface area contributed by atoms with Gasteiger partial charge in [0.05, 0.1) is 18.7 Å². The molecular formula is C23H20ClN3O3S. The van der Waals surface area contributed by atoms with Crippen LogP contribution in [0.5, 0.6) is 0 Å². The number of hydrogen-bond donors (Lipinski definition) is 1. The van der Waals surface area contributed by atoms with Gasteiger partial charge in [0.2, 0.25) is 0 Å². The number of thiocarbonyl (C=S) groups is 1. The van der Waals surface area contributed by atoms with E-state index in [0.717, 1.165) is 5.56 Å². The van der Waals surface area contributed by atoms with Crippen LogP contribution in [0.4, 0.5) is 5.69 Å². The number of anilines is 1. The summed E-state index contributed by atoms with van der Waals surface area (Å²) in [5.41, 5.74) is 2.43. The standard InChI is InChI=1S/C23H20ClN3O3S/c1-2-30-22(29)17-8-10-20(11-9-17)27(15-16-5-4-12-25-14-16)23(31)26-21(28)18-6-3-7-19(24)13-18/h3-14H,2,15H2,1H3,(H,26,28,31). The lowest BCUT2D eigenvalue weighted by molar-refractivity contribution is 0.0526. The van der Waals surface area contributed by atoms with Crippen LogP contribution >= 0.6 is 23.8 Å². The molecule has 1 N–H and O–H groups in total. The molecule has 0 aliphatic rings. The van der Waals surface area contributed by atoms with E-state index in [4.69, 9.17) is 28.6 Å². The number of carbonyl (C=O) groups excluding carboxylic acids is 2. The molecule has 0 fully saturated rings. The second kappa shape index (κ2) is 10.7. The van der Waals surface area contributed by atoms with Crippen molar-refractivity contribution in [1.29, 1.82) is 0 Å². The van der Waals surface area contributed by atoms with Crippen molar-refractivity contribution in [2.45, 2.75) is 13.5 Å². The van der Waals surface area contributed by atoms with E-state index in [1.807, 2.05) is 12.1 Å². The van der Waals surface area contributed by atoms with E-state index in [-0.39, 0.29) is 11.0 Å². The third kappa shape index (κ3) is 6.10. The minimum Gasteiger partial charge on any atom is -0.462 e. The van der Waals surface area contributed by atoms with E-state index < -0.39 is 5.97 Å². The molecular weight excluding hydrogens is 434 g/mol. The van der Waals surface area contributed by atoms with Gasteiger partial charge in [0.25, 0.3) is 5.91 Å². The lowest BCUT2D eigenvalue weighted by Crippen LogP contribution is -2.42. The topological polar surface area (TPSA) is 71.5 Å². The zero-order valence-electron chi connectivity index (χ0n) is 16.7. The molecule has 31 heavy (non-hydrogen) atoms. The fraction of sp³-hybridized carbons (Fsp3) is 0.130. The molecule has 0 aliphatic heterocycles. The van der Waals surface area contributed by atoms with E-state index in [1.54, 1.807) is 72.7 Å². The highest BCUT2D eigenvalue weighted by Gasteiger charge is 2.17. The first kappa shape index (κ1) is 22.4. The molecule has 158 valence electrons. The summed E-state index contributed by atoms with van der Waals surface area (Å²) >= 11 is 11.5. The minimum absolute atomic E-state index is 0.206. The minimum atomic E-state index is -0.398. The SMILES string of the molecule is CCOC(=O)c1ccc(N(Cc2cccnc2)C(=S)NC(=O)c2cccc(Cl)c2)cc1. The average molecular weight is 454 g/mol. The van der Waals surface area contributed by atoms with E-state index in [9.17, 15) is 9.59 Å². The summed E-state index contributed by atoms with van der Waals surface area (Å²) in [6.45, 7) is 2.43. The maximum Gasteiger partial charge on any atom is 0.338 e. The number of nitrogens with one attached hydrogen (secondary N) is 1. The van der Waals surface area contributed by atoms with Crippen LogP contribution in [0.3, 0.4) is 0 Å². The highest BCUT2D eigenvalue weighted by molar-refractivity contribution is 7.80. The number of aromatic nitrogens is 1. The molecule has 1 amide bonds. The largest absolute Gasteiger partial charge is 0.462 e. The van der Waals surface area contributed by atoms with Crippen molar-refractivity contribution >= 4 is 46.5 Å². The quantitative estimate of drug-likeness (QED) is 0.433. The van der Waals surface area contributed by atoms with Gasteiger partial charge < -0.3 is 9.64 Å². The van der Waals surface area contributed by atoms with Crippen LogP contribution < -0.4 is 10.2 Å². The van der Waals surface area contributed by atoms with E-state index in [2.05, 4.69) is 10.3 Å². The molecule has 3 aromatic rings. The monoisotopic (exact) mass is 453 g/mol. The summed E-state index contributed by atoms with van der Waals surface area (Å²) < 4.78 is 5.03. The fourth-order valence-corrected chi connectivity index (χ4v) is 3.27. The Morgan fingerprint density at radius 1 is 1.10 bits per heavy atom. The van der Waals surface area contributed by atoms with Crippen LogP contribution in [0.25, 0.3) is 0 Å². The van der Waals surface area contributed by atoms with Crippen LogP contribution in [0.15, 0.2) is 73.1 Å². The Kier molecular flexibility index (Phi) is 7.70. The van der Waals surface area contributed by atoms with Crippen LogP contribution in [-0.4, -0.2) is 28.6 Å². The predicted molar refractivity (Wildman–Crippen MR) is 124 cm³/mol. The molecule has 1 heterocycles. The molecule has 0 spiro atoms. The smallest absolute Gasteiger partial charge is 0.338 e. The summed E-state index contributed by atoms with van der Waals surface area (Å²) in [4.78, 5) is 30.5. The van der Waals surface area contributed by atoms with Crippen LogP contribution in [-0.2, 0) is 11.3 Å². The number of nitrogens with zero attached hydrogens (tertiary/aromatic N) is 2. The number of esters is 1. The molecule has 6 nitrogen and oxygen atoms in total. The van der Waals surface area contributed by atoms with Crippen LogP contribution in [0.2, 0.25) is 5.02 Å². The van der Waals surface area contributed by atoms with Crippen LogP contribution in [0.1, 0.15) is 33.2 Å². The summed E-state index contributed by atoms with van der Waals surface area (Å²) in [5, 5.41) is 3.41. The Balaban J connectivity index is 1.84. The van der Waals surface area contributed by atoms with Gasteiger partial charge in [-0.25, -0.2) is 4.79 Å². The Hall–Kier alpha value is -3.29. The number of benzene rings is 2. The zero-order chi connectivity index (χ0) is 22.2. The Morgan fingerprint density at radius 2 is 1.87 bits per heavy atom. The van der Waals surface area contributed by atoms with Gasteiger partial charge in [-0.1, -0.05) is 23.7 Å². The van der Waals surface area contributed by atoms with Crippen molar-refractivity contribution in [2.24, 2.45) is 0 Å². The highest BCUT2D eigenvalue weighted by atomic mass is 35.5. The molecule has 0 saturated carbocycles. The predicted octanol–water partition coefficient (Wildman–Crippen LogP) is 4.63. The van der Waals surface area contributed by atoms with Gasteiger partial charge in [-0.05, 0) is 73.2 Å². The van der Waals surface area contributed by atoms with Crippen molar-refractivity contribution in [3.63, 3.8) is 0 Å². The normalized spacial score (nSPS) is 10.3. The second-order valence-electron chi connectivity index (χ2n) is 6.48.